The van der Waals surface area contributed by atoms with Gasteiger partial charge < -0.3 is 15.3 Å². The van der Waals surface area contributed by atoms with Gasteiger partial charge in [-0.15, -0.1) is 0 Å². The Morgan fingerprint density at radius 1 is 1.42 bits per heavy atom. The summed E-state index contributed by atoms with van der Waals surface area (Å²) in [5.74, 6) is -0.553. The Balaban J connectivity index is 2.35. The predicted molar refractivity (Wildman–Crippen MR) is 71.0 cm³/mol. The van der Waals surface area contributed by atoms with E-state index in [0.29, 0.717) is 13.1 Å². The molecule has 0 aromatic heterocycles. The van der Waals surface area contributed by atoms with E-state index in [1.54, 1.807) is 32.0 Å². The molecule has 1 aromatic carbocycles. The number of phenolic OH excluding ortho intramolecular Hbond substituents is 1. The van der Waals surface area contributed by atoms with E-state index < -0.39 is 5.54 Å². The first-order valence-corrected chi connectivity index (χ1v) is 6.24. The second-order valence-corrected chi connectivity index (χ2v) is 5.29. The van der Waals surface area contributed by atoms with Gasteiger partial charge in [-0.25, -0.2) is 0 Å². The lowest BCUT2D eigenvalue weighted by molar-refractivity contribution is -0.133. The zero-order valence-electron chi connectivity index (χ0n) is 11.4. The molecule has 102 valence electrons. The van der Waals surface area contributed by atoms with Crippen molar-refractivity contribution < 1.29 is 14.7 Å². The van der Waals surface area contributed by atoms with Crippen molar-refractivity contribution in [2.45, 2.75) is 26.3 Å². The van der Waals surface area contributed by atoms with E-state index in [1.807, 2.05) is 6.92 Å². The van der Waals surface area contributed by atoms with Crippen LogP contribution in [0.15, 0.2) is 18.2 Å². The minimum Gasteiger partial charge on any atom is -0.507 e. The molecule has 1 saturated heterocycles. The van der Waals surface area contributed by atoms with Crippen molar-refractivity contribution in [3.05, 3.63) is 29.3 Å². The molecule has 0 radical (unpaired) electrons. The van der Waals surface area contributed by atoms with Crippen molar-refractivity contribution in [3.8, 4) is 5.75 Å². The van der Waals surface area contributed by atoms with Gasteiger partial charge in [0.15, 0.2) is 0 Å². The third-order valence-corrected chi connectivity index (χ3v) is 3.48. The number of hydrogen-bond acceptors (Lipinski definition) is 3. The van der Waals surface area contributed by atoms with E-state index in [0.717, 1.165) is 5.56 Å². The van der Waals surface area contributed by atoms with Gasteiger partial charge in [-0.2, -0.15) is 0 Å². The van der Waals surface area contributed by atoms with Crippen LogP contribution in [-0.4, -0.2) is 40.4 Å². The molecule has 5 heteroatoms. The van der Waals surface area contributed by atoms with E-state index in [2.05, 4.69) is 5.32 Å². The number of amides is 2. The number of carbonyl (C=O) groups is 2. The Hall–Kier alpha value is -2.04. The summed E-state index contributed by atoms with van der Waals surface area (Å²) in [6.45, 7) is 6.10. The standard InChI is InChI=1S/C14H18N2O3/c1-9-4-5-10(11(17)8-9)12(18)16-7-6-15-13(19)14(16,2)3/h4-5,8,17H,6-7H2,1-3H3,(H,15,19). The summed E-state index contributed by atoms with van der Waals surface area (Å²) in [6.07, 6.45) is 0. The Morgan fingerprint density at radius 3 is 2.74 bits per heavy atom. The molecule has 0 unspecified atom stereocenters. The highest BCUT2D eigenvalue weighted by molar-refractivity contribution is 6.01. The number of carbonyl (C=O) groups excluding carboxylic acids is 2. The number of nitrogens with one attached hydrogen (secondary N) is 1. The summed E-state index contributed by atoms with van der Waals surface area (Å²) < 4.78 is 0. The van der Waals surface area contributed by atoms with Crippen molar-refractivity contribution in [1.29, 1.82) is 0 Å². The van der Waals surface area contributed by atoms with Crippen molar-refractivity contribution in [3.63, 3.8) is 0 Å². The van der Waals surface area contributed by atoms with Crippen LogP contribution in [0.4, 0.5) is 0 Å². The highest BCUT2D eigenvalue weighted by Gasteiger charge is 2.41. The molecular formula is C14H18N2O3. The fourth-order valence-electron chi connectivity index (χ4n) is 2.22. The van der Waals surface area contributed by atoms with Crippen LogP contribution in [0, 0.1) is 6.92 Å². The van der Waals surface area contributed by atoms with Crippen molar-refractivity contribution in [1.82, 2.24) is 10.2 Å². The Labute approximate surface area is 112 Å². The fraction of sp³-hybridized carbons (Fsp3) is 0.429. The van der Waals surface area contributed by atoms with Crippen molar-refractivity contribution >= 4 is 11.8 Å². The molecule has 0 saturated carbocycles. The average molecular weight is 262 g/mol. The smallest absolute Gasteiger partial charge is 0.258 e. The van der Waals surface area contributed by atoms with Gasteiger partial charge in [0.25, 0.3) is 5.91 Å². The molecule has 1 aromatic rings. The quantitative estimate of drug-likeness (QED) is 0.795. The lowest BCUT2D eigenvalue weighted by Crippen LogP contribution is -2.63. The number of aromatic hydroxyl groups is 1. The second kappa shape index (κ2) is 4.57. The van der Waals surface area contributed by atoms with Gasteiger partial charge >= 0.3 is 0 Å². The molecule has 0 bridgehead atoms. The molecule has 0 atom stereocenters. The van der Waals surface area contributed by atoms with Crippen LogP contribution in [0.5, 0.6) is 5.75 Å². The van der Waals surface area contributed by atoms with Gasteiger partial charge in [-0.1, -0.05) is 6.07 Å². The zero-order valence-corrected chi connectivity index (χ0v) is 11.4. The summed E-state index contributed by atoms with van der Waals surface area (Å²) in [6, 6.07) is 4.91. The molecule has 2 rings (SSSR count). The summed E-state index contributed by atoms with van der Waals surface area (Å²) in [4.78, 5) is 25.8. The molecule has 1 fully saturated rings. The van der Waals surface area contributed by atoms with Crippen LogP contribution in [0.1, 0.15) is 29.8 Å². The number of aryl methyl sites for hydroxylation is 1. The minimum absolute atomic E-state index is 0.0493. The van der Waals surface area contributed by atoms with Gasteiger partial charge in [0.1, 0.15) is 11.3 Å². The van der Waals surface area contributed by atoms with Crippen LogP contribution in [-0.2, 0) is 4.79 Å². The summed E-state index contributed by atoms with van der Waals surface area (Å²) in [5.41, 5.74) is 0.199. The lowest BCUT2D eigenvalue weighted by atomic mass is 9.97. The van der Waals surface area contributed by atoms with E-state index >= 15 is 0 Å². The number of nitrogens with zero attached hydrogens (tertiary/aromatic N) is 1. The number of rotatable bonds is 1. The number of benzene rings is 1. The molecule has 5 nitrogen and oxygen atoms in total. The van der Waals surface area contributed by atoms with Gasteiger partial charge in [0, 0.05) is 13.1 Å². The van der Waals surface area contributed by atoms with Gasteiger partial charge in [-0.3, -0.25) is 9.59 Å². The molecule has 0 aliphatic carbocycles. The molecule has 19 heavy (non-hydrogen) atoms. The first-order chi connectivity index (χ1) is 8.84. The summed E-state index contributed by atoms with van der Waals surface area (Å²) >= 11 is 0. The first-order valence-electron chi connectivity index (χ1n) is 6.24. The maximum atomic E-state index is 12.5. The molecule has 0 spiro atoms. The van der Waals surface area contributed by atoms with Crippen LogP contribution in [0.2, 0.25) is 0 Å². The third-order valence-electron chi connectivity index (χ3n) is 3.48. The minimum atomic E-state index is -0.910. The maximum Gasteiger partial charge on any atom is 0.258 e. The van der Waals surface area contributed by atoms with Gasteiger partial charge in [-0.05, 0) is 38.5 Å². The van der Waals surface area contributed by atoms with Crippen LogP contribution in [0.25, 0.3) is 0 Å². The summed E-state index contributed by atoms with van der Waals surface area (Å²) in [7, 11) is 0. The fourth-order valence-corrected chi connectivity index (χ4v) is 2.22. The number of hydrogen-bond donors (Lipinski definition) is 2. The summed E-state index contributed by atoms with van der Waals surface area (Å²) in [5, 5.41) is 12.6. The van der Waals surface area contributed by atoms with E-state index in [4.69, 9.17) is 0 Å². The topological polar surface area (TPSA) is 69.6 Å². The molecule has 2 N–H and O–H groups in total. The van der Waals surface area contributed by atoms with Crippen molar-refractivity contribution in [2.24, 2.45) is 0 Å². The highest BCUT2D eigenvalue weighted by atomic mass is 16.3. The second-order valence-electron chi connectivity index (χ2n) is 5.29. The van der Waals surface area contributed by atoms with E-state index in [9.17, 15) is 14.7 Å². The van der Waals surface area contributed by atoms with Crippen LogP contribution >= 0.6 is 0 Å². The van der Waals surface area contributed by atoms with Gasteiger partial charge in [0.05, 0.1) is 5.56 Å². The van der Waals surface area contributed by atoms with Crippen molar-refractivity contribution in [2.75, 3.05) is 13.1 Å². The average Bonchev–Trinajstić information content (AvgIpc) is 2.32. The number of phenols is 1. The zero-order chi connectivity index (χ0) is 14.2. The molecular weight excluding hydrogens is 244 g/mol. The molecule has 1 aliphatic heterocycles. The Kier molecular flexibility index (Phi) is 3.22. The predicted octanol–water partition coefficient (Wildman–Crippen LogP) is 1.05. The SMILES string of the molecule is Cc1ccc(C(=O)N2CCNC(=O)C2(C)C)c(O)c1. The first kappa shape index (κ1) is 13.4. The van der Waals surface area contributed by atoms with Crippen LogP contribution < -0.4 is 5.32 Å². The monoisotopic (exact) mass is 262 g/mol. The van der Waals surface area contributed by atoms with Gasteiger partial charge in [0.2, 0.25) is 5.91 Å². The molecule has 1 aliphatic rings. The largest absolute Gasteiger partial charge is 0.507 e. The Morgan fingerprint density at radius 2 is 2.11 bits per heavy atom. The maximum absolute atomic E-state index is 12.5. The highest BCUT2D eigenvalue weighted by Crippen LogP contribution is 2.25. The van der Waals surface area contributed by atoms with E-state index in [-0.39, 0.29) is 23.1 Å². The molecule has 1 heterocycles. The third kappa shape index (κ3) is 2.28. The lowest BCUT2D eigenvalue weighted by Gasteiger charge is -2.41. The Bertz CT molecular complexity index is 537. The molecule has 2 amide bonds. The normalized spacial score (nSPS) is 18.1. The van der Waals surface area contributed by atoms with Crippen LogP contribution in [0.3, 0.4) is 0 Å². The number of piperazine rings is 1. The van der Waals surface area contributed by atoms with E-state index in [1.165, 1.54) is 4.90 Å².